The maximum atomic E-state index is 11.9. The van der Waals surface area contributed by atoms with Crippen LogP contribution in [0, 0.1) is 50.2 Å². The number of aliphatic hydroxyl groups is 7. The molecule has 47 heavy (non-hydrogen) atoms. The Bertz CT molecular complexity index is 1270. The van der Waals surface area contributed by atoms with Crippen LogP contribution in [0.1, 0.15) is 92.9 Å². The molecule has 5 aliphatic carbocycles. The fraction of sp³-hybridized carbons (Fsp3) is 0.917. The molecule has 0 unspecified atom stereocenters. The number of aliphatic hydroxyl groups excluding tert-OH is 7. The second kappa shape index (κ2) is 11.4. The highest BCUT2D eigenvalue weighted by Gasteiger charge is 2.71. The first-order chi connectivity index (χ1) is 21.8. The molecule has 11 heteroatoms. The molecule has 0 aromatic heterocycles. The highest BCUT2D eigenvalue weighted by molar-refractivity contribution is 5.73. The summed E-state index contributed by atoms with van der Waals surface area (Å²) in [4.78, 5) is 11.7. The van der Waals surface area contributed by atoms with E-state index < -0.39 is 65.8 Å². The normalized spacial score (nSPS) is 55.5. The molecule has 8 N–H and O–H groups in total. The van der Waals surface area contributed by atoms with Crippen molar-refractivity contribution in [2.45, 2.75) is 142 Å². The van der Waals surface area contributed by atoms with E-state index in [0.717, 1.165) is 25.7 Å². The van der Waals surface area contributed by atoms with Gasteiger partial charge in [-0.05, 0) is 90.8 Å². The van der Waals surface area contributed by atoms with Crippen molar-refractivity contribution in [2.75, 3.05) is 13.2 Å². The molecule has 0 amide bonds. The van der Waals surface area contributed by atoms with Gasteiger partial charge >= 0.3 is 5.97 Å². The Kier molecular flexibility index (Phi) is 8.68. The van der Waals surface area contributed by atoms with Crippen molar-refractivity contribution in [1.82, 2.24) is 0 Å². The molecule has 1 saturated heterocycles. The number of allylic oxidation sites excluding steroid dienone is 2. The van der Waals surface area contributed by atoms with Crippen LogP contribution in [0.5, 0.6) is 0 Å². The van der Waals surface area contributed by atoms with Crippen molar-refractivity contribution in [2.24, 2.45) is 50.2 Å². The lowest BCUT2D eigenvalue weighted by atomic mass is 9.33. The molecule has 0 bridgehead atoms. The van der Waals surface area contributed by atoms with E-state index in [0.29, 0.717) is 25.7 Å². The van der Waals surface area contributed by atoms with Crippen LogP contribution in [-0.2, 0) is 14.3 Å². The quantitative estimate of drug-likeness (QED) is 0.158. The Morgan fingerprint density at radius 3 is 2.15 bits per heavy atom. The van der Waals surface area contributed by atoms with Crippen molar-refractivity contribution >= 4 is 5.97 Å². The maximum Gasteiger partial charge on any atom is 0.335 e. The predicted molar refractivity (Wildman–Crippen MR) is 170 cm³/mol. The zero-order valence-electron chi connectivity index (χ0n) is 28.8. The number of ether oxygens (including phenoxy) is 2. The Labute approximate surface area is 278 Å². The van der Waals surface area contributed by atoms with Gasteiger partial charge in [-0.15, -0.1) is 0 Å². The monoisotopic (exact) mass is 666 g/mol. The summed E-state index contributed by atoms with van der Waals surface area (Å²) >= 11 is 0. The SMILES string of the molecule is CC1(C)C[C@H]2C3=CC[C@@H]4[C@@]5(C)CC[C@H](O[C@H]6O[C@@H](C(=O)O)[C@H](O)[C@@H](O)[C@@H]6O)[C@@](C)(CO)[C@H]5CC[C@@]4(C)[C@]3(C)C[C@H](O)[C@@]2(CO)C[C@@H]1O. The van der Waals surface area contributed by atoms with Crippen molar-refractivity contribution in [3.8, 4) is 0 Å². The minimum atomic E-state index is -1.81. The van der Waals surface area contributed by atoms with Gasteiger partial charge in [-0.1, -0.05) is 53.2 Å². The van der Waals surface area contributed by atoms with Gasteiger partial charge in [-0.2, -0.15) is 0 Å². The van der Waals surface area contributed by atoms with Gasteiger partial charge in [-0.25, -0.2) is 4.79 Å². The predicted octanol–water partition coefficient (Wildman–Crippen LogP) is 1.97. The van der Waals surface area contributed by atoms with Crippen LogP contribution in [0.3, 0.4) is 0 Å². The standard InChI is InChI=1S/C36H58O11/c1-31(2)13-19-18-7-8-21-32(3)11-10-24(46-30-27(43)25(41)26(42)28(47-30)29(44)45)33(4,16-37)20(32)9-12-34(21,5)35(18,6)14-23(40)36(19,17-38)15-22(31)39/h7,19-28,30,37-43H,8-17H2,1-6H3,(H,44,45)/t19-,20-,21+,22-,23-,24-,25+,26+,27-,28+,30-,32-,33-,34+,35+,36+/m0/s1. The molecule has 6 rings (SSSR count). The topological polar surface area (TPSA) is 197 Å². The zero-order valence-corrected chi connectivity index (χ0v) is 28.8. The second-order valence-corrected chi connectivity index (χ2v) is 17.9. The smallest absolute Gasteiger partial charge is 0.335 e. The highest BCUT2D eigenvalue weighted by Crippen LogP contribution is 2.75. The lowest BCUT2D eigenvalue weighted by molar-refractivity contribution is -0.327. The van der Waals surface area contributed by atoms with Gasteiger partial charge in [0.2, 0.25) is 0 Å². The minimum absolute atomic E-state index is 0.00991. The number of carbonyl (C=O) groups is 1. The van der Waals surface area contributed by atoms with Gasteiger partial charge < -0.3 is 50.3 Å². The molecule has 0 spiro atoms. The van der Waals surface area contributed by atoms with E-state index in [9.17, 15) is 45.6 Å². The number of hydrogen-bond acceptors (Lipinski definition) is 10. The number of rotatable bonds is 5. The average molecular weight is 667 g/mol. The first-order valence-corrected chi connectivity index (χ1v) is 17.6. The van der Waals surface area contributed by atoms with Gasteiger partial charge in [0.15, 0.2) is 12.4 Å². The van der Waals surface area contributed by atoms with Crippen LogP contribution in [0.4, 0.5) is 0 Å². The van der Waals surface area contributed by atoms with Crippen molar-refractivity contribution in [1.29, 1.82) is 0 Å². The molecule has 16 atom stereocenters. The molecule has 268 valence electrons. The van der Waals surface area contributed by atoms with Crippen LogP contribution >= 0.6 is 0 Å². The molecule has 6 aliphatic rings. The molecule has 1 aliphatic heterocycles. The summed E-state index contributed by atoms with van der Waals surface area (Å²) in [6.07, 6.45) is -2.79. The minimum Gasteiger partial charge on any atom is -0.479 e. The van der Waals surface area contributed by atoms with Gasteiger partial charge in [0.1, 0.15) is 18.3 Å². The van der Waals surface area contributed by atoms with Gasteiger partial charge in [0.05, 0.1) is 31.5 Å². The van der Waals surface area contributed by atoms with E-state index in [1.807, 2.05) is 6.92 Å². The van der Waals surface area contributed by atoms with Crippen LogP contribution < -0.4 is 0 Å². The van der Waals surface area contributed by atoms with Gasteiger partial charge in [-0.3, -0.25) is 0 Å². The van der Waals surface area contributed by atoms with E-state index in [1.54, 1.807) is 0 Å². The molecule has 11 nitrogen and oxygen atoms in total. The van der Waals surface area contributed by atoms with Gasteiger partial charge in [0, 0.05) is 10.8 Å². The number of carboxylic acids is 1. The highest BCUT2D eigenvalue weighted by atomic mass is 16.7. The van der Waals surface area contributed by atoms with E-state index >= 15 is 0 Å². The second-order valence-electron chi connectivity index (χ2n) is 17.9. The lowest BCUT2D eigenvalue weighted by Gasteiger charge is -2.72. The summed E-state index contributed by atoms with van der Waals surface area (Å²) in [5.41, 5.74) is -1.33. The van der Waals surface area contributed by atoms with Crippen LogP contribution in [0.25, 0.3) is 0 Å². The summed E-state index contributed by atoms with van der Waals surface area (Å²) in [6.45, 7) is 12.8. The molecule has 0 aromatic carbocycles. The number of hydrogen-bond donors (Lipinski definition) is 8. The number of fused-ring (bicyclic) bond motifs is 7. The molecule has 1 heterocycles. The number of aliphatic carboxylic acids is 1. The van der Waals surface area contributed by atoms with Crippen LogP contribution in [0.2, 0.25) is 0 Å². The first-order valence-electron chi connectivity index (χ1n) is 17.6. The Hall–Kier alpha value is -1.15. The fourth-order valence-electron chi connectivity index (χ4n) is 12.3. The largest absolute Gasteiger partial charge is 0.479 e. The average Bonchev–Trinajstić information content (AvgIpc) is 3.00. The molecular weight excluding hydrogens is 608 g/mol. The summed E-state index contributed by atoms with van der Waals surface area (Å²) in [7, 11) is 0. The third-order valence-corrected chi connectivity index (χ3v) is 15.5. The summed E-state index contributed by atoms with van der Waals surface area (Å²) in [6, 6.07) is 0. The lowest BCUT2D eigenvalue weighted by Crippen LogP contribution is -2.68. The van der Waals surface area contributed by atoms with Gasteiger partial charge in [0.25, 0.3) is 0 Å². The summed E-state index contributed by atoms with van der Waals surface area (Å²) in [5, 5.41) is 85.7. The van der Waals surface area contributed by atoms with Crippen LogP contribution in [0.15, 0.2) is 11.6 Å². The third-order valence-electron chi connectivity index (χ3n) is 15.5. The first kappa shape index (κ1) is 35.7. The Morgan fingerprint density at radius 2 is 1.53 bits per heavy atom. The van der Waals surface area contributed by atoms with E-state index in [4.69, 9.17) is 9.47 Å². The fourth-order valence-corrected chi connectivity index (χ4v) is 12.3. The summed E-state index contributed by atoms with van der Waals surface area (Å²) < 4.78 is 11.8. The van der Waals surface area contributed by atoms with E-state index in [2.05, 4.69) is 40.7 Å². The molecule has 0 aromatic rings. The molecule has 4 saturated carbocycles. The Morgan fingerprint density at radius 1 is 0.851 bits per heavy atom. The zero-order chi connectivity index (χ0) is 34.7. The van der Waals surface area contributed by atoms with Crippen LogP contribution in [-0.4, -0.2) is 109 Å². The molecule has 5 fully saturated rings. The van der Waals surface area contributed by atoms with E-state index in [-0.39, 0.29) is 52.6 Å². The summed E-state index contributed by atoms with van der Waals surface area (Å²) in [5.74, 6) is -1.29. The van der Waals surface area contributed by atoms with Crippen molar-refractivity contribution < 1.29 is 55.1 Å². The third kappa shape index (κ3) is 4.74. The van der Waals surface area contributed by atoms with Crippen molar-refractivity contribution in [3.05, 3.63) is 11.6 Å². The van der Waals surface area contributed by atoms with Crippen molar-refractivity contribution in [3.63, 3.8) is 0 Å². The maximum absolute atomic E-state index is 11.9. The Balaban J connectivity index is 1.32. The van der Waals surface area contributed by atoms with E-state index in [1.165, 1.54) is 5.57 Å². The molecular formula is C36H58O11. The number of carboxylic acid groups (broad SMARTS) is 1. The molecule has 0 radical (unpaired) electrons.